The molecule has 0 amide bonds. The summed E-state index contributed by atoms with van der Waals surface area (Å²) in [5, 5.41) is 7.29. The van der Waals surface area contributed by atoms with Crippen molar-refractivity contribution in [2.75, 3.05) is 23.9 Å². The van der Waals surface area contributed by atoms with E-state index in [9.17, 15) is 8.42 Å². The summed E-state index contributed by atoms with van der Waals surface area (Å²) in [6, 6.07) is 8.88. The van der Waals surface area contributed by atoms with E-state index in [1.54, 1.807) is 38.1 Å². The van der Waals surface area contributed by atoms with Crippen LogP contribution in [0.2, 0.25) is 0 Å². The Morgan fingerprint density at radius 3 is 2.20 bits per heavy atom. The highest BCUT2D eigenvalue weighted by Crippen LogP contribution is 2.20. The van der Waals surface area contributed by atoms with Gasteiger partial charge >= 0.3 is 10.2 Å². The Hall–Kier alpha value is -1.60. The van der Waals surface area contributed by atoms with Gasteiger partial charge in [-0.15, -0.1) is 0 Å². The minimum atomic E-state index is -3.60. The number of para-hydroxylation sites is 1. The third kappa shape index (κ3) is 3.94. The van der Waals surface area contributed by atoms with E-state index in [-0.39, 0.29) is 18.8 Å². The molecule has 1 rings (SSSR count). The number of amidine groups is 1. The summed E-state index contributed by atoms with van der Waals surface area (Å²) < 4.78 is 28.0. The Labute approximate surface area is 120 Å². The summed E-state index contributed by atoms with van der Waals surface area (Å²) in [5.41, 5.74) is 5.94. The van der Waals surface area contributed by atoms with Crippen LogP contribution in [-0.2, 0) is 10.2 Å². The van der Waals surface area contributed by atoms with Gasteiger partial charge in [0.15, 0.2) is 0 Å². The predicted octanol–water partition coefficient (Wildman–Crippen LogP) is 1.41. The van der Waals surface area contributed by atoms with E-state index >= 15 is 0 Å². The van der Waals surface area contributed by atoms with Crippen molar-refractivity contribution >= 4 is 21.7 Å². The molecule has 0 spiro atoms. The molecule has 0 aliphatic rings. The van der Waals surface area contributed by atoms with Crippen LogP contribution in [0, 0.1) is 5.41 Å². The molecule has 3 N–H and O–H groups in total. The van der Waals surface area contributed by atoms with Gasteiger partial charge in [0.05, 0.1) is 11.5 Å². The van der Waals surface area contributed by atoms with E-state index in [4.69, 9.17) is 11.1 Å². The van der Waals surface area contributed by atoms with Gasteiger partial charge in [0.1, 0.15) is 0 Å². The molecule has 0 saturated heterocycles. The van der Waals surface area contributed by atoms with Gasteiger partial charge in [-0.2, -0.15) is 12.7 Å². The molecule has 0 atom stereocenters. The highest BCUT2D eigenvalue weighted by Gasteiger charge is 2.27. The quantitative estimate of drug-likeness (QED) is 0.561. The second-order valence-corrected chi connectivity index (χ2v) is 6.13. The topological polar surface area (TPSA) is 90.5 Å². The molecule has 0 saturated carbocycles. The maximum atomic E-state index is 12.6. The smallest absolute Gasteiger partial charge is 0.304 e. The van der Waals surface area contributed by atoms with Gasteiger partial charge in [-0.1, -0.05) is 32.0 Å². The van der Waals surface area contributed by atoms with Crippen molar-refractivity contribution in [1.29, 1.82) is 5.41 Å². The number of nitrogens with two attached hydrogens (primary N) is 1. The van der Waals surface area contributed by atoms with Gasteiger partial charge < -0.3 is 5.73 Å². The second-order valence-electron chi connectivity index (χ2n) is 4.27. The first-order valence-corrected chi connectivity index (χ1v) is 7.98. The van der Waals surface area contributed by atoms with E-state index < -0.39 is 10.2 Å². The molecule has 0 aliphatic heterocycles. The molecule has 0 radical (unpaired) electrons. The van der Waals surface area contributed by atoms with Crippen LogP contribution in [0.5, 0.6) is 0 Å². The molecule has 7 heteroatoms. The summed E-state index contributed by atoms with van der Waals surface area (Å²) in [6.07, 6.45) is 0.204. The Balaban J connectivity index is 3.13. The lowest BCUT2D eigenvalue weighted by molar-refractivity contribution is 0.442. The number of rotatable bonds is 8. The van der Waals surface area contributed by atoms with Gasteiger partial charge in [0.25, 0.3) is 0 Å². The lowest BCUT2D eigenvalue weighted by atomic mass is 10.3. The SMILES string of the molecule is CCN(CC)S(=O)(=O)N(CCC(=N)N)c1ccccc1. The number of benzene rings is 1. The molecule has 1 aromatic carbocycles. The first kappa shape index (κ1) is 16.5. The second kappa shape index (κ2) is 7.25. The van der Waals surface area contributed by atoms with E-state index in [0.29, 0.717) is 18.8 Å². The van der Waals surface area contributed by atoms with Crippen LogP contribution in [0.15, 0.2) is 30.3 Å². The maximum absolute atomic E-state index is 12.6. The fraction of sp³-hybridized carbons (Fsp3) is 0.462. The zero-order valence-electron chi connectivity index (χ0n) is 11.9. The molecule has 0 bridgehead atoms. The third-order valence-corrected chi connectivity index (χ3v) is 5.06. The number of anilines is 1. The molecule has 6 nitrogen and oxygen atoms in total. The lowest BCUT2D eigenvalue weighted by Gasteiger charge is -2.30. The highest BCUT2D eigenvalue weighted by molar-refractivity contribution is 7.90. The zero-order valence-corrected chi connectivity index (χ0v) is 12.7. The third-order valence-electron chi connectivity index (χ3n) is 2.94. The van der Waals surface area contributed by atoms with Crippen LogP contribution in [0.3, 0.4) is 0 Å². The number of hydrogen-bond donors (Lipinski definition) is 2. The van der Waals surface area contributed by atoms with Gasteiger partial charge in [0, 0.05) is 26.1 Å². The van der Waals surface area contributed by atoms with E-state index in [2.05, 4.69) is 0 Å². The van der Waals surface area contributed by atoms with Crippen LogP contribution in [0.25, 0.3) is 0 Å². The lowest BCUT2D eigenvalue weighted by Crippen LogP contribution is -2.45. The molecule has 112 valence electrons. The highest BCUT2D eigenvalue weighted by atomic mass is 32.2. The predicted molar refractivity (Wildman–Crippen MR) is 82.2 cm³/mol. The minimum Gasteiger partial charge on any atom is -0.388 e. The molecule has 0 aliphatic carbocycles. The molecule has 0 heterocycles. The fourth-order valence-electron chi connectivity index (χ4n) is 1.88. The Bertz CT molecular complexity index is 527. The fourth-order valence-corrected chi connectivity index (χ4v) is 3.52. The average Bonchev–Trinajstić information content (AvgIpc) is 2.40. The number of nitrogens with zero attached hydrogens (tertiary/aromatic N) is 2. The van der Waals surface area contributed by atoms with E-state index in [0.717, 1.165) is 0 Å². The summed E-state index contributed by atoms with van der Waals surface area (Å²) in [5.74, 6) is -0.0271. The normalized spacial score (nSPS) is 11.6. The summed E-state index contributed by atoms with van der Waals surface area (Å²) >= 11 is 0. The molecule has 20 heavy (non-hydrogen) atoms. The molecule has 0 aromatic heterocycles. The first-order valence-electron chi connectivity index (χ1n) is 6.59. The minimum absolute atomic E-state index is 0.0271. The summed E-state index contributed by atoms with van der Waals surface area (Å²) in [7, 11) is -3.60. The Morgan fingerprint density at radius 1 is 1.20 bits per heavy atom. The molecule has 1 aromatic rings. The monoisotopic (exact) mass is 298 g/mol. The van der Waals surface area contributed by atoms with Crippen molar-refractivity contribution in [3.8, 4) is 0 Å². The van der Waals surface area contributed by atoms with Crippen molar-refractivity contribution in [3.05, 3.63) is 30.3 Å². The van der Waals surface area contributed by atoms with Crippen molar-refractivity contribution in [1.82, 2.24) is 4.31 Å². The Kier molecular flexibility index (Phi) is 5.97. The van der Waals surface area contributed by atoms with Crippen molar-refractivity contribution in [2.45, 2.75) is 20.3 Å². The average molecular weight is 298 g/mol. The van der Waals surface area contributed by atoms with Crippen LogP contribution in [0.4, 0.5) is 5.69 Å². The zero-order chi connectivity index (χ0) is 15.2. The van der Waals surface area contributed by atoms with Crippen LogP contribution >= 0.6 is 0 Å². The summed E-state index contributed by atoms with van der Waals surface area (Å²) in [6.45, 7) is 4.58. The Morgan fingerprint density at radius 2 is 1.75 bits per heavy atom. The maximum Gasteiger partial charge on any atom is 0.304 e. The van der Waals surface area contributed by atoms with Crippen molar-refractivity contribution < 1.29 is 8.42 Å². The molecular weight excluding hydrogens is 276 g/mol. The molecular formula is C13H22N4O2S. The molecule has 0 unspecified atom stereocenters. The van der Waals surface area contributed by atoms with Gasteiger partial charge in [-0.05, 0) is 12.1 Å². The number of nitrogens with one attached hydrogen (secondary N) is 1. The van der Waals surface area contributed by atoms with Crippen LogP contribution < -0.4 is 10.0 Å². The van der Waals surface area contributed by atoms with Gasteiger partial charge in [-0.25, -0.2) is 0 Å². The van der Waals surface area contributed by atoms with E-state index in [1.165, 1.54) is 8.61 Å². The van der Waals surface area contributed by atoms with Gasteiger partial charge in [-0.3, -0.25) is 9.71 Å². The van der Waals surface area contributed by atoms with Gasteiger partial charge in [0.2, 0.25) is 0 Å². The largest absolute Gasteiger partial charge is 0.388 e. The van der Waals surface area contributed by atoms with Crippen molar-refractivity contribution in [2.24, 2.45) is 5.73 Å². The first-order chi connectivity index (χ1) is 9.43. The van der Waals surface area contributed by atoms with Crippen molar-refractivity contribution in [3.63, 3.8) is 0 Å². The van der Waals surface area contributed by atoms with Crippen LogP contribution in [-0.4, -0.2) is 38.2 Å². The van der Waals surface area contributed by atoms with E-state index in [1.807, 2.05) is 6.07 Å². The molecule has 0 fully saturated rings. The number of hydrogen-bond acceptors (Lipinski definition) is 3. The summed E-state index contributed by atoms with van der Waals surface area (Å²) in [4.78, 5) is 0. The van der Waals surface area contributed by atoms with Crippen LogP contribution in [0.1, 0.15) is 20.3 Å². The standard InChI is InChI=1S/C13H22N4O2S/c1-3-16(4-2)20(18,19)17(11-10-13(14)15)12-8-6-5-7-9-12/h5-9H,3-4,10-11H2,1-2H3,(H3,14,15).